The van der Waals surface area contributed by atoms with Crippen molar-refractivity contribution in [1.29, 1.82) is 0 Å². The standard InChI is InChI=1S/C23H20O3/c24-23-19-11-4-5-12-21(19)26-22-16-18(13-14-20(22)23)25-15-7-6-10-17-8-2-1-3-9-17/h1-5,8-9,11-14,16H,6-7,10,15H2. The summed E-state index contributed by atoms with van der Waals surface area (Å²) < 4.78 is 11.7. The fourth-order valence-corrected chi connectivity index (χ4v) is 3.14. The third kappa shape index (κ3) is 3.47. The molecule has 0 unspecified atom stereocenters. The predicted octanol–water partition coefficient (Wildman–Crippen LogP) is 5.35. The van der Waals surface area contributed by atoms with Gasteiger partial charge in [-0.2, -0.15) is 0 Å². The molecule has 130 valence electrons. The molecule has 0 saturated carbocycles. The first kappa shape index (κ1) is 16.4. The van der Waals surface area contributed by atoms with Crippen LogP contribution >= 0.6 is 0 Å². The van der Waals surface area contributed by atoms with Crippen LogP contribution in [0.1, 0.15) is 18.4 Å². The maximum atomic E-state index is 12.5. The Hall–Kier alpha value is -3.07. The van der Waals surface area contributed by atoms with Gasteiger partial charge in [-0.3, -0.25) is 4.79 Å². The van der Waals surface area contributed by atoms with Crippen LogP contribution in [-0.2, 0) is 6.42 Å². The minimum absolute atomic E-state index is 0.00346. The van der Waals surface area contributed by atoms with Crippen molar-refractivity contribution in [1.82, 2.24) is 0 Å². The maximum absolute atomic E-state index is 12.5. The van der Waals surface area contributed by atoms with E-state index in [0.717, 1.165) is 25.0 Å². The Balaban J connectivity index is 1.42. The Morgan fingerprint density at radius 1 is 0.769 bits per heavy atom. The molecule has 0 atom stereocenters. The van der Waals surface area contributed by atoms with Crippen LogP contribution in [0.15, 0.2) is 82.0 Å². The van der Waals surface area contributed by atoms with Gasteiger partial charge < -0.3 is 9.15 Å². The largest absolute Gasteiger partial charge is 0.493 e. The molecule has 0 spiro atoms. The highest BCUT2D eigenvalue weighted by Crippen LogP contribution is 2.23. The topological polar surface area (TPSA) is 39.4 Å². The zero-order valence-corrected chi connectivity index (χ0v) is 14.5. The molecule has 0 N–H and O–H groups in total. The lowest BCUT2D eigenvalue weighted by Crippen LogP contribution is -2.03. The predicted molar refractivity (Wildman–Crippen MR) is 105 cm³/mol. The molecule has 3 aromatic carbocycles. The first-order valence-corrected chi connectivity index (χ1v) is 8.93. The van der Waals surface area contributed by atoms with E-state index in [0.29, 0.717) is 28.5 Å². The fourth-order valence-electron chi connectivity index (χ4n) is 3.14. The van der Waals surface area contributed by atoms with Gasteiger partial charge in [-0.25, -0.2) is 0 Å². The molecule has 0 bridgehead atoms. The molecule has 0 aliphatic rings. The molecule has 1 heterocycles. The van der Waals surface area contributed by atoms with E-state index in [1.165, 1.54) is 5.56 Å². The molecule has 0 saturated heterocycles. The second kappa shape index (κ2) is 7.44. The quantitative estimate of drug-likeness (QED) is 0.350. The van der Waals surface area contributed by atoms with E-state index in [-0.39, 0.29) is 5.43 Å². The third-order valence-corrected chi connectivity index (χ3v) is 4.52. The lowest BCUT2D eigenvalue weighted by Gasteiger charge is -2.07. The second-order valence-electron chi connectivity index (χ2n) is 6.38. The number of hydrogen-bond donors (Lipinski definition) is 0. The highest BCUT2D eigenvalue weighted by atomic mass is 16.5. The zero-order chi connectivity index (χ0) is 17.8. The normalized spacial score (nSPS) is 11.1. The summed E-state index contributed by atoms with van der Waals surface area (Å²) in [7, 11) is 0. The van der Waals surface area contributed by atoms with Crippen molar-refractivity contribution in [2.45, 2.75) is 19.3 Å². The molecule has 0 aliphatic heterocycles. The Labute approximate surface area is 151 Å². The minimum Gasteiger partial charge on any atom is -0.493 e. The van der Waals surface area contributed by atoms with Crippen LogP contribution in [0.5, 0.6) is 5.75 Å². The van der Waals surface area contributed by atoms with E-state index in [1.54, 1.807) is 18.2 Å². The summed E-state index contributed by atoms with van der Waals surface area (Å²) in [6.07, 6.45) is 3.12. The van der Waals surface area contributed by atoms with E-state index in [4.69, 9.17) is 9.15 Å². The average molecular weight is 344 g/mol. The van der Waals surface area contributed by atoms with Gasteiger partial charge in [0.1, 0.15) is 16.9 Å². The first-order chi connectivity index (χ1) is 12.8. The van der Waals surface area contributed by atoms with Gasteiger partial charge in [0, 0.05) is 6.07 Å². The molecular formula is C23H20O3. The molecule has 0 amide bonds. The van der Waals surface area contributed by atoms with Crippen molar-refractivity contribution in [2.75, 3.05) is 6.61 Å². The Morgan fingerprint density at radius 2 is 1.54 bits per heavy atom. The summed E-state index contributed by atoms with van der Waals surface area (Å²) in [5.74, 6) is 0.732. The van der Waals surface area contributed by atoms with E-state index in [1.807, 2.05) is 30.3 Å². The van der Waals surface area contributed by atoms with Gasteiger partial charge in [-0.15, -0.1) is 0 Å². The molecule has 26 heavy (non-hydrogen) atoms. The fraction of sp³-hybridized carbons (Fsp3) is 0.174. The number of para-hydroxylation sites is 1. The first-order valence-electron chi connectivity index (χ1n) is 8.93. The van der Waals surface area contributed by atoms with E-state index < -0.39 is 0 Å². The van der Waals surface area contributed by atoms with Gasteiger partial charge in [0.05, 0.1) is 17.4 Å². The SMILES string of the molecule is O=c1c2ccccc2oc2cc(OCCCCc3ccccc3)ccc12. The van der Waals surface area contributed by atoms with Gasteiger partial charge in [-0.1, -0.05) is 42.5 Å². The van der Waals surface area contributed by atoms with Crippen molar-refractivity contribution in [3.63, 3.8) is 0 Å². The number of unbranched alkanes of at least 4 members (excludes halogenated alkanes) is 1. The Morgan fingerprint density at radius 3 is 2.42 bits per heavy atom. The van der Waals surface area contributed by atoms with Crippen molar-refractivity contribution < 1.29 is 9.15 Å². The lowest BCUT2D eigenvalue weighted by molar-refractivity contribution is 0.307. The van der Waals surface area contributed by atoms with E-state index >= 15 is 0 Å². The third-order valence-electron chi connectivity index (χ3n) is 4.52. The maximum Gasteiger partial charge on any atom is 0.200 e. The number of benzene rings is 3. The number of fused-ring (bicyclic) bond motifs is 2. The van der Waals surface area contributed by atoms with Crippen LogP contribution in [0.2, 0.25) is 0 Å². The number of ether oxygens (including phenoxy) is 1. The number of rotatable bonds is 6. The van der Waals surface area contributed by atoms with Gasteiger partial charge in [-0.05, 0) is 49.1 Å². The summed E-state index contributed by atoms with van der Waals surface area (Å²) in [6, 6.07) is 23.2. The molecule has 3 heteroatoms. The van der Waals surface area contributed by atoms with E-state index in [9.17, 15) is 4.79 Å². The van der Waals surface area contributed by atoms with Gasteiger partial charge in [0.15, 0.2) is 0 Å². The highest BCUT2D eigenvalue weighted by Gasteiger charge is 2.08. The van der Waals surface area contributed by atoms with Gasteiger partial charge >= 0.3 is 0 Å². The molecule has 4 aromatic rings. The summed E-state index contributed by atoms with van der Waals surface area (Å²) in [6.45, 7) is 0.649. The summed E-state index contributed by atoms with van der Waals surface area (Å²) >= 11 is 0. The van der Waals surface area contributed by atoms with Crippen LogP contribution in [0.25, 0.3) is 21.9 Å². The monoisotopic (exact) mass is 344 g/mol. The van der Waals surface area contributed by atoms with Crippen molar-refractivity contribution in [2.24, 2.45) is 0 Å². The van der Waals surface area contributed by atoms with Crippen molar-refractivity contribution in [3.05, 3.63) is 88.6 Å². The van der Waals surface area contributed by atoms with Crippen molar-refractivity contribution >= 4 is 21.9 Å². The molecule has 0 radical (unpaired) electrons. The molecule has 3 nitrogen and oxygen atoms in total. The number of hydrogen-bond acceptors (Lipinski definition) is 3. The average Bonchev–Trinajstić information content (AvgIpc) is 2.68. The van der Waals surface area contributed by atoms with Crippen LogP contribution in [0.3, 0.4) is 0 Å². The van der Waals surface area contributed by atoms with Crippen molar-refractivity contribution in [3.8, 4) is 5.75 Å². The molecule has 4 rings (SSSR count). The molecular weight excluding hydrogens is 324 g/mol. The van der Waals surface area contributed by atoms with Crippen LogP contribution in [0, 0.1) is 0 Å². The van der Waals surface area contributed by atoms with Crippen LogP contribution in [0.4, 0.5) is 0 Å². The minimum atomic E-state index is -0.00346. The summed E-state index contributed by atoms with van der Waals surface area (Å²) in [4.78, 5) is 12.5. The van der Waals surface area contributed by atoms with E-state index in [2.05, 4.69) is 24.3 Å². The van der Waals surface area contributed by atoms with Crippen LogP contribution in [-0.4, -0.2) is 6.61 Å². The summed E-state index contributed by atoms with van der Waals surface area (Å²) in [5, 5.41) is 1.19. The smallest absolute Gasteiger partial charge is 0.200 e. The lowest BCUT2D eigenvalue weighted by atomic mass is 10.1. The molecule has 0 fully saturated rings. The second-order valence-corrected chi connectivity index (χ2v) is 6.38. The van der Waals surface area contributed by atoms with Gasteiger partial charge in [0.25, 0.3) is 0 Å². The molecule has 0 aliphatic carbocycles. The Bertz CT molecular complexity index is 1080. The molecule has 1 aromatic heterocycles. The number of aryl methyl sites for hydroxylation is 1. The highest BCUT2D eigenvalue weighted by molar-refractivity contribution is 5.90. The van der Waals surface area contributed by atoms with Gasteiger partial charge in [0.2, 0.25) is 5.43 Å². The Kier molecular flexibility index (Phi) is 4.69. The zero-order valence-electron chi connectivity index (χ0n) is 14.5. The summed E-state index contributed by atoms with van der Waals surface area (Å²) in [5.41, 5.74) is 2.52. The van der Waals surface area contributed by atoms with Crippen LogP contribution < -0.4 is 10.2 Å².